The van der Waals surface area contributed by atoms with Gasteiger partial charge in [-0.3, -0.25) is 0 Å². The maximum Gasteiger partial charge on any atom is 0.122 e. The Balaban J connectivity index is 2.25. The largest absolute Gasteiger partial charge is 0.496 e. The second-order valence-electron chi connectivity index (χ2n) is 5.30. The molecule has 21 heavy (non-hydrogen) atoms. The third-order valence-electron chi connectivity index (χ3n) is 3.80. The first kappa shape index (κ1) is 15.1. The van der Waals surface area contributed by atoms with Crippen molar-refractivity contribution in [2.24, 2.45) is 0 Å². The molecule has 0 saturated carbocycles. The van der Waals surface area contributed by atoms with Crippen LogP contribution in [0.15, 0.2) is 42.5 Å². The highest BCUT2D eigenvalue weighted by Gasteiger charge is 2.13. The Kier molecular flexibility index (Phi) is 5.00. The fraction of sp³-hybridized carbons (Fsp3) is 0.316. The number of ether oxygens (including phenoxy) is 1. The number of benzene rings is 2. The molecule has 2 nitrogen and oxygen atoms in total. The molecule has 0 bridgehead atoms. The van der Waals surface area contributed by atoms with Crippen LogP contribution in [0.2, 0.25) is 0 Å². The number of nitrogens with zero attached hydrogens (tertiary/aromatic N) is 1. The Morgan fingerprint density at radius 1 is 1.14 bits per heavy atom. The fourth-order valence-electron chi connectivity index (χ4n) is 2.49. The molecule has 2 aromatic carbocycles. The lowest BCUT2D eigenvalue weighted by Gasteiger charge is -2.13. The molecule has 108 valence electrons. The van der Waals surface area contributed by atoms with Crippen molar-refractivity contribution < 1.29 is 4.74 Å². The zero-order valence-electron chi connectivity index (χ0n) is 12.9. The third-order valence-corrected chi connectivity index (χ3v) is 3.80. The first-order chi connectivity index (χ1) is 10.2. The number of aryl methyl sites for hydroxylation is 2. The molecule has 0 fully saturated rings. The van der Waals surface area contributed by atoms with E-state index in [0.29, 0.717) is 0 Å². The maximum atomic E-state index is 9.50. The molecule has 0 spiro atoms. The van der Waals surface area contributed by atoms with Gasteiger partial charge >= 0.3 is 0 Å². The Hall–Kier alpha value is -2.27. The summed E-state index contributed by atoms with van der Waals surface area (Å²) >= 11 is 0. The summed E-state index contributed by atoms with van der Waals surface area (Å²) in [6.07, 6.45) is 1.64. The lowest BCUT2D eigenvalue weighted by atomic mass is 9.91. The fourth-order valence-corrected chi connectivity index (χ4v) is 2.49. The van der Waals surface area contributed by atoms with Gasteiger partial charge in [0.25, 0.3) is 0 Å². The van der Waals surface area contributed by atoms with Crippen molar-refractivity contribution in [2.75, 3.05) is 7.11 Å². The molecule has 1 unspecified atom stereocenters. The van der Waals surface area contributed by atoms with Crippen LogP contribution in [0.1, 0.15) is 35.1 Å². The van der Waals surface area contributed by atoms with Crippen LogP contribution in [0.4, 0.5) is 0 Å². The number of hydrogen-bond acceptors (Lipinski definition) is 2. The molecule has 0 aliphatic rings. The van der Waals surface area contributed by atoms with Crippen LogP contribution in [-0.2, 0) is 12.8 Å². The predicted octanol–water partition coefficient (Wildman–Crippen LogP) is 4.42. The summed E-state index contributed by atoms with van der Waals surface area (Å²) in [5.41, 5.74) is 4.65. The van der Waals surface area contributed by atoms with Gasteiger partial charge in [-0.05, 0) is 42.5 Å². The number of nitriles is 1. The van der Waals surface area contributed by atoms with Crippen LogP contribution in [0, 0.1) is 18.3 Å². The topological polar surface area (TPSA) is 33.0 Å². The molecule has 0 heterocycles. The second kappa shape index (κ2) is 6.95. The summed E-state index contributed by atoms with van der Waals surface area (Å²) in [6, 6.07) is 16.9. The Morgan fingerprint density at radius 2 is 1.86 bits per heavy atom. The summed E-state index contributed by atoms with van der Waals surface area (Å²) < 4.78 is 5.35. The number of hydrogen-bond donors (Lipinski definition) is 0. The summed E-state index contributed by atoms with van der Waals surface area (Å²) in [5.74, 6) is 0.775. The van der Waals surface area contributed by atoms with E-state index in [-0.39, 0.29) is 5.92 Å². The van der Waals surface area contributed by atoms with Crippen LogP contribution in [0.25, 0.3) is 0 Å². The monoisotopic (exact) mass is 279 g/mol. The van der Waals surface area contributed by atoms with E-state index in [9.17, 15) is 5.26 Å². The zero-order chi connectivity index (χ0) is 15.2. The molecule has 0 aliphatic carbocycles. The van der Waals surface area contributed by atoms with E-state index in [1.54, 1.807) is 7.11 Å². The smallest absolute Gasteiger partial charge is 0.122 e. The Bertz CT molecular complexity index is 638. The van der Waals surface area contributed by atoms with E-state index in [4.69, 9.17) is 4.74 Å². The lowest BCUT2D eigenvalue weighted by molar-refractivity contribution is 0.410. The molecule has 1 atom stereocenters. The van der Waals surface area contributed by atoms with Gasteiger partial charge < -0.3 is 4.74 Å². The summed E-state index contributed by atoms with van der Waals surface area (Å²) in [7, 11) is 1.68. The number of rotatable bonds is 5. The van der Waals surface area contributed by atoms with E-state index in [2.05, 4.69) is 50.2 Å². The first-order valence-corrected chi connectivity index (χ1v) is 7.30. The minimum Gasteiger partial charge on any atom is -0.496 e. The van der Waals surface area contributed by atoms with Crippen molar-refractivity contribution in [3.8, 4) is 11.8 Å². The zero-order valence-corrected chi connectivity index (χ0v) is 12.9. The van der Waals surface area contributed by atoms with E-state index < -0.39 is 0 Å². The van der Waals surface area contributed by atoms with Gasteiger partial charge in [0.15, 0.2) is 0 Å². The average molecular weight is 279 g/mol. The van der Waals surface area contributed by atoms with Gasteiger partial charge in [0, 0.05) is 0 Å². The second-order valence-corrected chi connectivity index (χ2v) is 5.30. The highest BCUT2D eigenvalue weighted by atomic mass is 16.5. The van der Waals surface area contributed by atoms with Gasteiger partial charge in [0.2, 0.25) is 0 Å². The van der Waals surface area contributed by atoms with E-state index >= 15 is 0 Å². The summed E-state index contributed by atoms with van der Waals surface area (Å²) in [4.78, 5) is 0. The van der Waals surface area contributed by atoms with Crippen molar-refractivity contribution >= 4 is 0 Å². The molecule has 2 heteroatoms. The highest BCUT2D eigenvalue weighted by Crippen LogP contribution is 2.27. The molecule has 0 radical (unpaired) electrons. The summed E-state index contributed by atoms with van der Waals surface area (Å²) in [5, 5.41) is 9.50. The molecule has 2 aromatic rings. The lowest BCUT2D eigenvalue weighted by Crippen LogP contribution is -2.02. The van der Waals surface area contributed by atoms with Crippen molar-refractivity contribution in [3.05, 3.63) is 64.7 Å². The highest BCUT2D eigenvalue weighted by molar-refractivity contribution is 5.41. The van der Waals surface area contributed by atoms with Crippen LogP contribution in [-0.4, -0.2) is 7.11 Å². The minimum absolute atomic E-state index is 0.121. The number of methoxy groups -OCH3 is 1. The molecular formula is C19H21NO. The SMILES string of the molecule is CCc1cc(C(C#N)Cc2ccc(C)cc2)ccc1OC. The molecule has 0 aromatic heterocycles. The standard InChI is InChI=1S/C19H21NO/c1-4-16-12-17(9-10-19(16)21-3)18(13-20)11-15-7-5-14(2)6-8-15/h5-10,12,18H,4,11H2,1-3H3. The van der Waals surface area contributed by atoms with Gasteiger partial charge in [0.1, 0.15) is 5.75 Å². The van der Waals surface area contributed by atoms with Crippen molar-refractivity contribution in [3.63, 3.8) is 0 Å². The Morgan fingerprint density at radius 3 is 2.43 bits per heavy atom. The van der Waals surface area contributed by atoms with Gasteiger partial charge in [-0.15, -0.1) is 0 Å². The summed E-state index contributed by atoms with van der Waals surface area (Å²) in [6.45, 7) is 4.17. The first-order valence-electron chi connectivity index (χ1n) is 7.30. The van der Waals surface area contributed by atoms with E-state index in [0.717, 1.165) is 29.7 Å². The minimum atomic E-state index is -0.121. The van der Waals surface area contributed by atoms with Gasteiger partial charge in [-0.2, -0.15) is 5.26 Å². The van der Waals surface area contributed by atoms with E-state index in [1.165, 1.54) is 11.1 Å². The average Bonchev–Trinajstić information content (AvgIpc) is 2.53. The predicted molar refractivity (Wildman–Crippen MR) is 85.6 cm³/mol. The third kappa shape index (κ3) is 3.64. The molecule has 0 N–H and O–H groups in total. The molecule has 0 saturated heterocycles. The molecule has 2 rings (SSSR count). The normalized spacial score (nSPS) is 11.7. The van der Waals surface area contributed by atoms with Gasteiger partial charge in [-0.1, -0.05) is 48.9 Å². The van der Waals surface area contributed by atoms with Crippen LogP contribution in [0.3, 0.4) is 0 Å². The molecule has 0 aliphatic heterocycles. The van der Waals surface area contributed by atoms with Gasteiger partial charge in [-0.25, -0.2) is 0 Å². The van der Waals surface area contributed by atoms with Crippen LogP contribution >= 0.6 is 0 Å². The molecular weight excluding hydrogens is 258 g/mol. The Labute approximate surface area is 127 Å². The van der Waals surface area contributed by atoms with Crippen molar-refractivity contribution in [1.82, 2.24) is 0 Å². The van der Waals surface area contributed by atoms with E-state index in [1.807, 2.05) is 12.1 Å². The maximum absolute atomic E-state index is 9.50. The van der Waals surface area contributed by atoms with Gasteiger partial charge in [0.05, 0.1) is 19.1 Å². The molecule has 0 amide bonds. The van der Waals surface area contributed by atoms with Crippen molar-refractivity contribution in [1.29, 1.82) is 5.26 Å². The van der Waals surface area contributed by atoms with Crippen LogP contribution in [0.5, 0.6) is 5.75 Å². The van der Waals surface area contributed by atoms with Crippen LogP contribution < -0.4 is 4.74 Å². The van der Waals surface area contributed by atoms with Crippen molar-refractivity contribution in [2.45, 2.75) is 32.6 Å². The quantitative estimate of drug-likeness (QED) is 0.812.